The van der Waals surface area contributed by atoms with Crippen molar-refractivity contribution >= 4 is 43.7 Å². The average Bonchev–Trinajstić information content (AvgIpc) is 3.97. The van der Waals surface area contributed by atoms with E-state index in [-0.39, 0.29) is 0 Å². The van der Waals surface area contributed by atoms with Gasteiger partial charge >= 0.3 is 0 Å². The number of rotatable bonds is 7. The molecule has 0 aliphatic carbocycles. The van der Waals surface area contributed by atoms with Crippen LogP contribution >= 0.6 is 0 Å². The van der Waals surface area contributed by atoms with Gasteiger partial charge in [0.15, 0.2) is 17.5 Å². The highest BCUT2D eigenvalue weighted by molar-refractivity contribution is 6.12. The largest absolute Gasteiger partial charge is 0.456 e. The van der Waals surface area contributed by atoms with Crippen LogP contribution < -0.4 is 0 Å². The van der Waals surface area contributed by atoms with Crippen molar-refractivity contribution in [3.8, 4) is 97.5 Å². The van der Waals surface area contributed by atoms with Crippen LogP contribution in [0.25, 0.3) is 117 Å². The molecule has 0 atom stereocenters. The van der Waals surface area contributed by atoms with Crippen molar-refractivity contribution in [1.82, 2.24) is 19.5 Å². The molecule has 3 aromatic heterocycles. The Bertz CT molecular complexity index is 4040. The van der Waals surface area contributed by atoms with E-state index in [1.807, 2.05) is 97.1 Å². The van der Waals surface area contributed by atoms with Crippen molar-refractivity contribution in [2.24, 2.45) is 0 Å². The molecular weight excluding hydrogens is 861 g/mol. The van der Waals surface area contributed by atoms with Gasteiger partial charge in [-0.3, -0.25) is 0 Å². The number of nitriles is 4. The Morgan fingerprint density at radius 2 is 0.729 bits per heavy atom. The third-order valence-corrected chi connectivity index (χ3v) is 12.7. The second-order valence-electron chi connectivity index (χ2n) is 17.0. The van der Waals surface area contributed by atoms with Crippen LogP contribution in [0.5, 0.6) is 0 Å². The van der Waals surface area contributed by atoms with E-state index in [2.05, 4.69) is 89.5 Å². The Hall–Kier alpha value is -10.5. The van der Waals surface area contributed by atoms with Gasteiger partial charge in [0.1, 0.15) is 11.2 Å². The molecule has 322 valence electrons. The predicted molar refractivity (Wildman–Crippen MR) is 273 cm³/mol. The first-order valence-corrected chi connectivity index (χ1v) is 22.4. The molecule has 0 amide bonds. The Labute approximate surface area is 400 Å². The van der Waals surface area contributed by atoms with Crippen LogP contribution in [0.15, 0.2) is 199 Å². The lowest BCUT2D eigenvalue weighted by Crippen LogP contribution is -2.02. The van der Waals surface area contributed by atoms with Gasteiger partial charge in [-0.05, 0) is 130 Å². The van der Waals surface area contributed by atoms with Gasteiger partial charge in [-0.25, -0.2) is 15.0 Å². The minimum atomic E-state index is 0.389. The fourth-order valence-corrected chi connectivity index (χ4v) is 9.39. The van der Waals surface area contributed by atoms with Crippen molar-refractivity contribution in [3.63, 3.8) is 0 Å². The van der Waals surface area contributed by atoms with Crippen LogP contribution in [0.4, 0.5) is 0 Å². The van der Waals surface area contributed by atoms with Crippen LogP contribution in [0.2, 0.25) is 0 Å². The lowest BCUT2D eigenvalue weighted by molar-refractivity contribution is 0.669. The Kier molecular flexibility index (Phi) is 9.82. The van der Waals surface area contributed by atoms with E-state index < -0.39 is 0 Å². The van der Waals surface area contributed by atoms with Gasteiger partial charge < -0.3 is 8.98 Å². The molecule has 12 rings (SSSR count). The van der Waals surface area contributed by atoms with Crippen LogP contribution in [0, 0.1) is 45.3 Å². The summed E-state index contributed by atoms with van der Waals surface area (Å²) in [5, 5.41) is 43.5. The number of hydrogen-bond acceptors (Lipinski definition) is 8. The topological polar surface area (TPSA) is 152 Å². The quantitative estimate of drug-likeness (QED) is 0.153. The number of para-hydroxylation sites is 1. The minimum absolute atomic E-state index is 0.389. The van der Waals surface area contributed by atoms with Crippen LogP contribution in [0.3, 0.4) is 0 Å². The van der Waals surface area contributed by atoms with Crippen molar-refractivity contribution in [1.29, 1.82) is 21.0 Å². The van der Waals surface area contributed by atoms with Crippen molar-refractivity contribution in [2.45, 2.75) is 0 Å². The summed E-state index contributed by atoms with van der Waals surface area (Å²) in [5.41, 5.74) is 13.3. The van der Waals surface area contributed by atoms with E-state index in [9.17, 15) is 21.0 Å². The summed E-state index contributed by atoms with van der Waals surface area (Å²) in [4.78, 5) is 15.3. The molecule has 0 bridgehead atoms. The number of hydrogen-bond donors (Lipinski definition) is 0. The van der Waals surface area contributed by atoms with E-state index in [0.717, 1.165) is 99.5 Å². The van der Waals surface area contributed by atoms with Crippen molar-refractivity contribution < 1.29 is 4.42 Å². The molecule has 3 heterocycles. The van der Waals surface area contributed by atoms with E-state index in [0.29, 0.717) is 39.7 Å². The lowest BCUT2D eigenvalue weighted by Gasteiger charge is -2.15. The number of furan rings is 1. The maximum absolute atomic E-state index is 9.91. The molecule has 70 heavy (non-hydrogen) atoms. The normalized spacial score (nSPS) is 11.1. The first-order chi connectivity index (χ1) is 34.4. The summed E-state index contributed by atoms with van der Waals surface area (Å²) >= 11 is 0. The van der Waals surface area contributed by atoms with E-state index in [4.69, 9.17) is 19.4 Å². The predicted octanol–water partition coefficient (Wildman–Crippen LogP) is 14.4. The number of aromatic nitrogens is 4. The fraction of sp³-hybridized carbons (Fsp3) is 0. The molecular formula is C61H32N8O. The highest BCUT2D eigenvalue weighted by atomic mass is 16.3. The summed E-state index contributed by atoms with van der Waals surface area (Å²) < 4.78 is 8.50. The highest BCUT2D eigenvalue weighted by Crippen LogP contribution is 2.41. The summed E-state index contributed by atoms with van der Waals surface area (Å²) in [6, 6.07) is 72.0. The molecule has 0 fully saturated rings. The summed E-state index contributed by atoms with van der Waals surface area (Å²) in [6.45, 7) is 0. The maximum atomic E-state index is 9.91. The number of fused-ring (bicyclic) bond motifs is 6. The Morgan fingerprint density at radius 3 is 1.24 bits per heavy atom. The zero-order valence-electron chi connectivity index (χ0n) is 37.0. The van der Waals surface area contributed by atoms with Crippen LogP contribution in [0.1, 0.15) is 22.3 Å². The molecule has 0 unspecified atom stereocenters. The Balaban J connectivity index is 1.14. The molecule has 0 saturated heterocycles. The first kappa shape index (κ1) is 41.0. The maximum Gasteiger partial charge on any atom is 0.164 e. The van der Waals surface area contributed by atoms with Gasteiger partial charge in [0, 0.05) is 43.9 Å². The standard InChI is InChI=1S/C61H32N8O/c62-33-37-21-38(34-63)24-46(23-37)43-15-18-55-52(30-43)53-31-44(47-25-39(35-64)22-40(26-47)36-65)16-19-56(53)69(55)50-28-48(45-17-20-58-54(32-45)51-13-7-8-14-57(51)70-58)27-49(29-50)61-67-59(41-9-3-1-4-10-41)66-60(68-61)42-11-5-2-6-12-42/h1-32H. The van der Waals surface area contributed by atoms with Gasteiger partial charge in [0.05, 0.1) is 57.6 Å². The van der Waals surface area contributed by atoms with Gasteiger partial charge in [-0.15, -0.1) is 0 Å². The molecule has 0 spiro atoms. The van der Waals surface area contributed by atoms with E-state index in [1.165, 1.54) is 0 Å². The SMILES string of the molecule is N#Cc1cc(C#N)cc(-c2ccc3c(c2)c2cc(-c4cc(C#N)cc(C#N)c4)ccc2n3-c2cc(-c3ccc4oc5ccccc5c4c3)cc(-c3nc(-c4ccccc4)nc(-c4ccccc4)n3)c2)c1. The molecule has 0 N–H and O–H groups in total. The minimum Gasteiger partial charge on any atom is -0.456 e. The molecule has 9 aromatic carbocycles. The molecule has 0 radical (unpaired) electrons. The summed E-state index contributed by atoms with van der Waals surface area (Å²) in [5.74, 6) is 1.58. The zero-order chi connectivity index (χ0) is 47.3. The van der Waals surface area contributed by atoms with Gasteiger partial charge in [0.2, 0.25) is 0 Å². The molecule has 9 nitrogen and oxygen atoms in total. The van der Waals surface area contributed by atoms with Gasteiger partial charge in [-0.2, -0.15) is 21.0 Å². The summed E-state index contributed by atoms with van der Waals surface area (Å²) in [7, 11) is 0. The second kappa shape index (κ2) is 16.8. The number of nitrogens with zero attached hydrogens (tertiary/aromatic N) is 8. The van der Waals surface area contributed by atoms with Crippen molar-refractivity contribution in [3.05, 3.63) is 216 Å². The Morgan fingerprint density at radius 1 is 0.314 bits per heavy atom. The third-order valence-electron chi connectivity index (χ3n) is 12.7. The zero-order valence-corrected chi connectivity index (χ0v) is 37.0. The van der Waals surface area contributed by atoms with Gasteiger partial charge in [-0.1, -0.05) is 97.1 Å². The number of benzene rings is 9. The van der Waals surface area contributed by atoms with Gasteiger partial charge in [0.25, 0.3) is 0 Å². The summed E-state index contributed by atoms with van der Waals surface area (Å²) in [6.07, 6.45) is 0. The second-order valence-corrected chi connectivity index (χ2v) is 17.0. The fourth-order valence-electron chi connectivity index (χ4n) is 9.39. The average molecular weight is 893 g/mol. The lowest BCUT2D eigenvalue weighted by atomic mass is 9.97. The molecule has 9 heteroatoms. The highest BCUT2D eigenvalue weighted by Gasteiger charge is 2.20. The van der Waals surface area contributed by atoms with E-state index in [1.54, 1.807) is 36.4 Å². The first-order valence-electron chi connectivity index (χ1n) is 22.4. The van der Waals surface area contributed by atoms with Crippen LogP contribution in [-0.4, -0.2) is 19.5 Å². The molecule has 0 saturated carbocycles. The monoisotopic (exact) mass is 892 g/mol. The molecule has 0 aliphatic heterocycles. The smallest absolute Gasteiger partial charge is 0.164 e. The van der Waals surface area contributed by atoms with E-state index >= 15 is 0 Å². The van der Waals surface area contributed by atoms with Crippen molar-refractivity contribution in [2.75, 3.05) is 0 Å². The molecule has 12 aromatic rings. The van der Waals surface area contributed by atoms with Crippen LogP contribution in [-0.2, 0) is 0 Å². The third kappa shape index (κ3) is 7.23. The molecule has 0 aliphatic rings.